The summed E-state index contributed by atoms with van der Waals surface area (Å²) in [6.07, 6.45) is -4.88. The molecule has 0 aromatic carbocycles. The maximum absolute atomic E-state index is 11.8. The van der Waals surface area contributed by atoms with Crippen LogP contribution in [-0.4, -0.2) is 11.3 Å². The average molecular weight is 208 g/mol. The second-order valence-corrected chi connectivity index (χ2v) is 2.61. The van der Waals surface area contributed by atoms with Crippen LogP contribution in [0.5, 0.6) is 5.75 Å². The molecule has 0 bridgehead atoms. The number of nitrogens with one attached hydrogen (secondary N) is 1. The van der Waals surface area contributed by atoms with Crippen molar-refractivity contribution in [2.45, 2.75) is 13.3 Å². The number of aromatic amines is 1. The minimum Gasteiger partial charge on any atom is -0.400 e. The Labute approximate surface area is 76.5 Å². The van der Waals surface area contributed by atoms with Gasteiger partial charge in [0.25, 0.3) is 5.56 Å². The summed E-state index contributed by atoms with van der Waals surface area (Å²) in [5.74, 6) is -0.797. The molecule has 1 aromatic rings. The number of nitrogen functional groups attached to an aromatic ring is 1. The molecule has 4 nitrogen and oxygen atoms in total. The summed E-state index contributed by atoms with van der Waals surface area (Å²) >= 11 is 0. The summed E-state index contributed by atoms with van der Waals surface area (Å²) in [7, 11) is 0. The summed E-state index contributed by atoms with van der Waals surface area (Å²) < 4.78 is 38.9. The lowest BCUT2D eigenvalue weighted by atomic mass is 10.2. The Bertz CT molecular complexity index is 397. The largest absolute Gasteiger partial charge is 0.573 e. The van der Waals surface area contributed by atoms with Gasteiger partial charge >= 0.3 is 6.36 Å². The zero-order chi connectivity index (χ0) is 10.9. The number of alkyl halides is 3. The number of aromatic nitrogens is 1. The van der Waals surface area contributed by atoms with Gasteiger partial charge in [-0.1, -0.05) is 0 Å². The zero-order valence-corrected chi connectivity index (χ0v) is 7.11. The van der Waals surface area contributed by atoms with Gasteiger partial charge in [0.2, 0.25) is 0 Å². The first kappa shape index (κ1) is 10.4. The normalized spacial score (nSPS) is 11.4. The van der Waals surface area contributed by atoms with E-state index in [0.29, 0.717) is 0 Å². The highest BCUT2D eigenvalue weighted by atomic mass is 19.4. The van der Waals surface area contributed by atoms with Crippen molar-refractivity contribution >= 4 is 5.82 Å². The van der Waals surface area contributed by atoms with E-state index in [-0.39, 0.29) is 11.4 Å². The molecule has 0 unspecified atom stereocenters. The molecule has 0 saturated carbocycles. The first-order chi connectivity index (χ1) is 6.29. The van der Waals surface area contributed by atoms with Crippen LogP contribution in [0.25, 0.3) is 0 Å². The van der Waals surface area contributed by atoms with Gasteiger partial charge in [-0.05, 0) is 13.0 Å². The quantitative estimate of drug-likeness (QED) is 0.727. The van der Waals surface area contributed by atoms with Gasteiger partial charge in [-0.3, -0.25) is 4.79 Å². The molecule has 1 rings (SSSR count). The number of nitrogens with two attached hydrogens (primary N) is 1. The van der Waals surface area contributed by atoms with Crippen LogP contribution in [0.4, 0.5) is 19.0 Å². The topological polar surface area (TPSA) is 68.1 Å². The van der Waals surface area contributed by atoms with Gasteiger partial charge in [0.15, 0.2) is 5.75 Å². The van der Waals surface area contributed by atoms with Crippen molar-refractivity contribution in [1.29, 1.82) is 0 Å². The predicted molar refractivity (Wildman–Crippen MR) is 42.9 cm³/mol. The summed E-state index contributed by atoms with van der Waals surface area (Å²) in [5, 5.41) is 0. The zero-order valence-electron chi connectivity index (χ0n) is 7.11. The lowest BCUT2D eigenvalue weighted by molar-refractivity contribution is -0.275. The maximum Gasteiger partial charge on any atom is 0.573 e. The SMILES string of the molecule is Cc1cc(N)[nH]c(=O)c1OC(F)(F)F. The summed E-state index contributed by atoms with van der Waals surface area (Å²) in [6, 6.07) is 1.18. The molecule has 0 aliphatic carbocycles. The minimum atomic E-state index is -4.88. The highest BCUT2D eigenvalue weighted by Gasteiger charge is 2.33. The van der Waals surface area contributed by atoms with Crippen molar-refractivity contribution in [2.75, 3.05) is 5.73 Å². The van der Waals surface area contributed by atoms with Crippen molar-refractivity contribution < 1.29 is 17.9 Å². The molecule has 1 aromatic heterocycles. The number of halogens is 3. The predicted octanol–water partition coefficient (Wildman–Crippen LogP) is 1.16. The summed E-state index contributed by atoms with van der Waals surface area (Å²) in [4.78, 5) is 13.0. The molecule has 0 saturated heterocycles. The van der Waals surface area contributed by atoms with E-state index in [1.807, 2.05) is 4.98 Å². The van der Waals surface area contributed by atoms with Crippen molar-refractivity contribution in [1.82, 2.24) is 4.98 Å². The Morgan fingerprint density at radius 3 is 2.50 bits per heavy atom. The number of pyridine rings is 1. The van der Waals surface area contributed by atoms with Crippen molar-refractivity contribution in [2.24, 2.45) is 0 Å². The van der Waals surface area contributed by atoms with Crippen molar-refractivity contribution in [3.8, 4) is 5.75 Å². The molecule has 0 atom stereocenters. The van der Waals surface area contributed by atoms with E-state index in [4.69, 9.17) is 5.73 Å². The first-order valence-corrected chi connectivity index (χ1v) is 3.55. The van der Waals surface area contributed by atoms with E-state index in [1.54, 1.807) is 0 Å². The second-order valence-electron chi connectivity index (χ2n) is 2.61. The Balaban J connectivity index is 3.16. The van der Waals surface area contributed by atoms with Gasteiger partial charge in [0, 0.05) is 5.56 Å². The third-order valence-corrected chi connectivity index (χ3v) is 1.41. The van der Waals surface area contributed by atoms with Gasteiger partial charge in [0.1, 0.15) is 5.82 Å². The van der Waals surface area contributed by atoms with Gasteiger partial charge in [-0.25, -0.2) is 0 Å². The van der Waals surface area contributed by atoms with Crippen LogP contribution in [0.3, 0.4) is 0 Å². The monoisotopic (exact) mass is 208 g/mol. The van der Waals surface area contributed by atoms with Crippen molar-refractivity contribution in [3.63, 3.8) is 0 Å². The summed E-state index contributed by atoms with van der Waals surface area (Å²) in [6.45, 7) is 1.30. The van der Waals surface area contributed by atoms with E-state index >= 15 is 0 Å². The second kappa shape index (κ2) is 3.24. The Hall–Kier alpha value is -1.66. The molecule has 1 heterocycles. The third kappa shape index (κ3) is 2.41. The number of rotatable bonds is 1. The molecule has 78 valence electrons. The molecule has 0 fully saturated rings. The van der Waals surface area contributed by atoms with Gasteiger partial charge in [0.05, 0.1) is 0 Å². The van der Waals surface area contributed by atoms with E-state index in [0.717, 1.165) is 0 Å². The third-order valence-electron chi connectivity index (χ3n) is 1.41. The fourth-order valence-corrected chi connectivity index (χ4v) is 0.944. The van der Waals surface area contributed by atoms with Crippen LogP contribution in [0, 0.1) is 6.92 Å². The number of hydrogen-bond acceptors (Lipinski definition) is 3. The van der Waals surface area contributed by atoms with Crippen LogP contribution >= 0.6 is 0 Å². The van der Waals surface area contributed by atoms with Crippen LogP contribution in [0.15, 0.2) is 10.9 Å². The molecular weight excluding hydrogens is 201 g/mol. The standard InChI is InChI=1S/C7H7F3N2O2/c1-3-2-4(11)12-6(13)5(3)14-7(8,9)10/h2H,1H3,(H3,11,12,13). The molecule has 0 radical (unpaired) electrons. The number of aryl methyl sites for hydroxylation is 1. The highest BCUT2D eigenvalue weighted by molar-refractivity contribution is 5.39. The number of ether oxygens (including phenoxy) is 1. The average Bonchev–Trinajstić information content (AvgIpc) is 1.95. The number of anilines is 1. The Morgan fingerprint density at radius 1 is 1.50 bits per heavy atom. The van der Waals surface area contributed by atoms with Crippen LogP contribution in [0.1, 0.15) is 5.56 Å². The smallest absolute Gasteiger partial charge is 0.400 e. The van der Waals surface area contributed by atoms with Gasteiger partial charge < -0.3 is 15.5 Å². The fraction of sp³-hybridized carbons (Fsp3) is 0.286. The molecule has 0 amide bonds. The molecule has 0 aliphatic rings. The van der Waals surface area contributed by atoms with Gasteiger partial charge in [-0.15, -0.1) is 13.2 Å². The van der Waals surface area contributed by atoms with Crippen LogP contribution in [-0.2, 0) is 0 Å². The van der Waals surface area contributed by atoms with Crippen LogP contribution in [0.2, 0.25) is 0 Å². The van der Waals surface area contributed by atoms with E-state index in [1.165, 1.54) is 13.0 Å². The fourth-order valence-electron chi connectivity index (χ4n) is 0.944. The molecular formula is C7H7F3N2O2. The van der Waals surface area contributed by atoms with Gasteiger partial charge in [-0.2, -0.15) is 0 Å². The summed E-state index contributed by atoms with van der Waals surface area (Å²) in [5.41, 5.74) is 4.23. The number of hydrogen-bond donors (Lipinski definition) is 2. The first-order valence-electron chi connectivity index (χ1n) is 3.55. The lowest BCUT2D eigenvalue weighted by Gasteiger charge is -2.10. The van der Waals surface area contributed by atoms with E-state index in [9.17, 15) is 18.0 Å². The maximum atomic E-state index is 11.8. The Morgan fingerprint density at radius 2 is 2.07 bits per heavy atom. The van der Waals surface area contributed by atoms with E-state index in [2.05, 4.69) is 4.74 Å². The lowest BCUT2D eigenvalue weighted by Crippen LogP contribution is -2.24. The Kier molecular flexibility index (Phi) is 2.41. The highest BCUT2D eigenvalue weighted by Crippen LogP contribution is 2.22. The van der Waals surface area contributed by atoms with Crippen LogP contribution < -0.4 is 16.0 Å². The van der Waals surface area contributed by atoms with Crippen molar-refractivity contribution in [3.05, 3.63) is 22.0 Å². The minimum absolute atomic E-state index is 0.0120. The molecule has 14 heavy (non-hydrogen) atoms. The van der Waals surface area contributed by atoms with E-state index < -0.39 is 17.7 Å². The number of H-pyrrole nitrogens is 1. The molecule has 7 heteroatoms. The molecule has 0 aliphatic heterocycles. The molecule has 0 spiro atoms. The molecule has 3 N–H and O–H groups in total.